The van der Waals surface area contributed by atoms with Crippen LogP contribution in [0.5, 0.6) is 11.5 Å². The van der Waals surface area contributed by atoms with Crippen LogP contribution < -0.4 is 26.0 Å². The van der Waals surface area contributed by atoms with E-state index in [1.807, 2.05) is 12.3 Å². The third-order valence-electron chi connectivity index (χ3n) is 4.93. The van der Waals surface area contributed by atoms with Gasteiger partial charge in [0.1, 0.15) is 6.54 Å². The predicted molar refractivity (Wildman–Crippen MR) is 117 cm³/mol. The number of carbonyl (C=O) groups is 1. The Morgan fingerprint density at radius 2 is 2.03 bits per heavy atom. The van der Waals surface area contributed by atoms with Crippen molar-refractivity contribution >= 4 is 33.4 Å². The van der Waals surface area contributed by atoms with Gasteiger partial charge in [-0.25, -0.2) is 14.8 Å². The first-order chi connectivity index (χ1) is 15.5. The van der Waals surface area contributed by atoms with Crippen molar-refractivity contribution < 1.29 is 14.3 Å². The van der Waals surface area contributed by atoms with Gasteiger partial charge in [0.05, 0.1) is 17.8 Å². The second-order valence-electron chi connectivity index (χ2n) is 7.16. The van der Waals surface area contributed by atoms with Crippen LogP contribution in [0.1, 0.15) is 11.3 Å². The molecule has 0 atom stereocenters. The van der Waals surface area contributed by atoms with Gasteiger partial charge < -0.3 is 14.8 Å². The Balaban J connectivity index is 1.54. The summed E-state index contributed by atoms with van der Waals surface area (Å²) in [7, 11) is 0. The smallest absolute Gasteiger partial charge is 0.332 e. The van der Waals surface area contributed by atoms with Gasteiger partial charge in [0.2, 0.25) is 12.7 Å². The summed E-state index contributed by atoms with van der Waals surface area (Å²) in [5.74, 6) is 0.723. The maximum Gasteiger partial charge on any atom is 0.332 e. The first-order valence-electron chi connectivity index (χ1n) is 9.68. The molecule has 1 aliphatic heterocycles. The number of hydrogen-bond acceptors (Lipinski definition) is 8. The number of nitrogens with zero attached hydrogens (tertiary/aromatic N) is 4. The van der Waals surface area contributed by atoms with E-state index in [0.29, 0.717) is 22.2 Å². The normalized spacial score (nSPS) is 12.3. The molecule has 0 fully saturated rings. The number of hydrogen-bond donors (Lipinski definition) is 1. The molecule has 10 nitrogen and oxygen atoms in total. The van der Waals surface area contributed by atoms with Crippen LogP contribution in [-0.2, 0) is 17.9 Å². The van der Waals surface area contributed by atoms with Crippen molar-refractivity contribution in [1.82, 2.24) is 19.1 Å². The number of amides is 1. The monoisotopic (exact) mass is 451 g/mol. The van der Waals surface area contributed by atoms with Crippen LogP contribution in [-0.4, -0.2) is 31.8 Å². The molecular weight excluding hydrogens is 434 g/mol. The van der Waals surface area contributed by atoms with E-state index in [1.54, 1.807) is 30.3 Å². The largest absolute Gasteiger partial charge is 0.454 e. The number of fused-ring (bicyclic) bond motifs is 2. The van der Waals surface area contributed by atoms with Crippen LogP contribution in [0.2, 0.25) is 0 Å². The fraction of sp³-hybridized carbons (Fsp3) is 0.190. The van der Waals surface area contributed by atoms with E-state index in [0.717, 1.165) is 10.3 Å². The molecule has 5 rings (SSSR count). The summed E-state index contributed by atoms with van der Waals surface area (Å²) in [4.78, 5) is 47.3. The van der Waals surface area contributed by atoms with Gasteiger partial charge in [0.15, 0.2) is 22.1 Å². The van der Waals surface area contributed by atoms with E-state index >= 15 is 0 Å². The van der Waals surface area contributed by atoms with E-state index in [4.69, 9.17) is 9.47 Å². The minimum Gasteiger partial charge on any atom is -0.454 e. The number of pyridine rings is 1. The highest BCUT2D eigenvalue weighted by atomic mass is 32.1. The summed E-state index contributed by atoms with van der Waals surface area (Å²) in [6.45, 7) is 1.65. The Hall–Kier alpha value is -3.99. The van der Waals surface area contributed by atoms with Gasteiger partial charge in [-0.3, -0.25) is 18.7 Å². The molecule has 1 amide bonds. The molecule has 0 spiro atoms. The molecule has 11 heteroatoms. The molecule has 3 aromatic heterocycles. The molecule has 0 saturated carbocycles. The third-order valence-corrected chi connectivity index (χ3v) is 5.81. The number of thiazole rings is 1. The lowest BCUT2D eigenvalue weighted by Gasteiger charge is -2.13. The summed E-state index contributed by atoms with van der Waals surface area (Å²) in [5.41, 5.74) is 0.710. The highest BCUT2D eigenvalue weighted by molar-refractivity contribution is 7.13. The van der Waals surface area contributed by atoms with Crippen LogP contribution >= 0.6 is 11.3 Å². The molecule has 0 aliphatic carbocycles. The molecule has 0 saturated heterocycles. The molecule has 162 valence electrons. The number of ether oxygens (including phenoxy) is 2. The lowest BCUT2D eigenvalue weighted by Crippen LogP contribution is -2.42. The standard InChI is InChI=1S/C21H17N5O5S/c1-12-10-32-20(23-12)24-17(27)9-25-14-3-2-6-22-18(14)19(28)26(21(25)29)8-13-4-5-15-16(7-13)31-11-30-15/h2-7,10H,8-9,11H2,1H3,(H,23,24,27). The van der Waals surface area contributed by atoms with Gasteiger partial charge in [0, 0.05) is 11.6 Å². The summed E-state index contributed by atoms with van der Waals surface area (Å²) in [6.07, 6.45) is 1.47. The summed E-state index contributed by atoms with van der Waals surface area (Å²) in [5, 5.41) is 4.94. The van der Waals surface area contributed by atoms with Crippen molar-refractivity contribution in [2.24, 2.45) is 0 Å². The van der Waals surface area contributed by atoms with Gasteiger partial charge in [-0.05, 0) is 36.8 Å². The van der Waals surface area contributed by atoms with E-state index in [2.05, 4.69) is 15.3 Å². The Morgan fingerprint density at radius 1 is 1.19 bits per heavy atom. The van der Waals surface area contributed by atoms with Crippen LogP contribution in [0.15, 0.2) is 51.5 Å². The Kier molecular flexibility index (Phi) is 4.94. The molecule has 32 heavy (non-hydrogen) atoms. The summed E-state index contributed by atoms with van der Waals surface area (Å²) >= 11 is 1.29. The van der Waals surface area contributed by atoms with Gasteiger partial charge in [-0.1, -0.05) is 6.07 Å². The maximum atomic E-state index is 13.3. The van der Waals surface area contributed by atoms with Crippen molar-refractivity contribution in [1.29, 1.82) is 0 Å². The predicted octanol–water partition coefficient (Wildman–Crippen LogP) is 1.74. The minimum atomic E-state index is -0.612. The fourth-order valence-corrected chi connectivity index (χ4v) is 4.18. The zero-order valence-electron chi connectivity index (χ0n) is 16.9. The average Bonchev–Trinajstić information content (AvgIpc) is 3.42. The van der Waals surface area contributed by atoms with Crippen molar-refractivity contribution in [2.45, 2.75) is 20.0 Å². The molecule has 0 bridgehead atoms. The third kappa shape index (κ3) is 3.62. The second kappa shape index (κ2) is 7.93. The quantitative estimate of drug-likeness (QED) is 0.491. The van der Waals surface area contributed by atoms with Gasteiger partial charge >= 0.3 is 5.69 Å². The molecule has 0 radical (unpaired) electrons. The first kappa shape index (κ1) is 19.9. The van der Waals surface area contributed by atoms with Crippen LogP contribution in [0.3, 0.4) is 0 Å². The number of nitrogens with one attached hydrogen (secondary N) is 1. The molecule has 4 aromatic rings. The highest BCUT2D eigenvalue weighted by Gasteiger charge is 2.19. The average molecular weight is 451 g/mol. The molecular formula is C21H17N5O5S. The van der Waals surface area contributed by atoms with Crippen molar-refractivity contribution in [3.05, 3.63) is 74.0 Å². The molecule has 0 unspecified atom stereocenters. The first-order valence-corrected chi connectivity index (χ1v) is 10.6. The number of anilines is 1. The molecule has 1 aromatic carbocycles. The number of aromatic nitrogens is 4. The van der Waals surface area contributed by atoms with Crippen LogP contribution in [0.4, 0.5) is 5.13 Å². The van der Waals surface area contributed by atoms with Gasteiger partial charge in [-0.2, -0.15) is 0 Å². The van der Waals surface area contributed by atoms with Crippen LogP contribution in [0.25, 0.3) is 11.0 Å². The number of carbonyl (C=O) groups excluding carboxylic acids is 1. The summed E-state index contributed by atoms with van der Waals surface area (Å²) in [6, 6.07) is 8.41. The zero-order valence-corrected chi connectivity index (χ0v) is 17.7. The fourth-order valence-electron chi connectivity index (χ4n) is 3.47. The maximum absolute atomic E-state index is 13.3. The van der Waals surface area contributed by atoms with Crippen molar-refractivity contribution in [3.63, 3.8) is 0 Å². The van der Waals surface area contributed by atoms with E-state index < -0.39 is 17.2 Å². The van der Waals surface area contributed by atoms with Gasteiger partial charge in [-0.15, -0.1) is 11.3 Å². The van der Waals surface area contributed by atoms with Crippen LogP contribution in [0, 0.1) is 6.92 Å². The second-order valence-corrected chi connectivity index (χ2v) is 8.02. The van der Waals surface area contributed by atoms with Crippen molar-refractivity contribution in [2.75, 3.05) is 12.1 Å². The number of benzene rings is 1. The number of aryl methyl sites for hydroxylation is 1. The van der Waals surface area contributed by atoms with E-state index in [1.165, 1.54) is 22.1 Å². The topological polar surface area (TPSA) is 117 Å². The number of rotatable bonds is 5. The highest BCUT2D eigenvalue weighted by Crippen LogP contribution is 2.32. The summed E-state index contributed by atoms with van der Waals surface area (Å²) < 4.78 is 13.0. The molecule has 1 N–H and O–H groups in total. The van der Waals surface area contributed by atoms with E-state index in [-0.39, 0.29) is 30.9 Å². The van der Waals surface area contributed by atoms with Crippen molar-refractivity contribution in [3.8, 4) is 11.5 Å². The Bertz CT molecular complexity index is 1470. The lowest BCUT2D eigenvalue weighted by molar-refractivity contribution is -0.116. The zero-order chi connectivity index (χ0) is 22.2. The molecule has 4 heterocycles. The Labute approximate surface area is 184 Å². The minimum absolute atomic E-state index is 0.00584. The lowest BCUT2D eigenvalue weighted by atomic mass is 10.2. The van der Waals surface area contributed by atoms with E-state index in [9.17, 15) is 14.4 Å². The SMILES string of the molecule is Cc1csc(NC(=O)Cn2c(=O)n(Cc3ccc4c(c3)OCO4)c(=O)c3ncccc32)n1. The van der Waals surface area contributed by atoms with Gasteiger partial charge in [0.25, 0.3) is 5.56 Å². The Morgan fingerprint density at radius 3 is 2.84 bits per heavy atom. The molecule has 1 aliphatic rings.